The molecule has 1 fully saturated rings. The molecular weight excluding hydrogens is 580 g/mol. The molecule has 0 aliphatic carbocycles. The average molecular weight is 621 g/mol. The summed E-state index contributed by atoms with van der Waals surface area (Å²) in [7, 11) is 0. The van der Waals surface area contributed by atoms with Crippen molar-refractivity contribution >= 4 is 53.0 Å². The van der Waals surface area contributed by atoms with E-state index in [1.807, 2.05) is 0 Å². The van der Waals surface area contributed by atoms with E-state index in [2.05, 4.69) is 4.99 Å². The van der Waals surface area contributed by atoms with Crippen LogP contribution in [-0.2, 0) is 52.3 Å². The summed E-state index contributed by atoms with van der Waals surface area (Å²) >= 11 is 0.823. The normalized spacial score (nSPS) is 22.7. The minimum absolute atomic E-state index is 0.306. The van der Waals surface area contributed by atoms with Gasteiger partial charge in [0.2, 0.25) is 0 Å². The highest BCUT2D eigenvalue weighted by Gasteiger charge is 2.56. The zero-order valence-corrected chi connectivity index (χ0v) is 26.5. The predicted octanol–water partition coefficient (Wildman–Crippen LogP) is 2.96. The van der Waals surface area contributed by atoms with Crippen LogP contribution in [0.3, 0.4) is 0 Å². The molecular formula is C26H40N2O13S. The lowest BCUT2D eigenvalue weighted by Gasteiger charge is -2.47. The van der Waals surface area contributed by atoms with Crippen LogP contribution in [0.15, 0.2) is 4.99 Å². The molecule has 0 aromatic rings. The van der Waals surface area contributed by atoms with Crippen molar-refractivity contribution in [3.05, 3.63) is 0 Å². The lowest BCUT2D eigenvalue weighted by molar-refractivity contribution is -0.268. The first-order valence-corrected chi connectivity index (χ1v) is 14.1. The smallest absolute Gasteiger partial charge is 0.436 e. The molecule has 0 spiro atoms. The first-order chi connectivity index (χ1) is 19.1. The van der Waals surface area contributed by atoms with E-state index in [9.17, 15) is 28.8 Å². The van der Waals surface area contributed by atoms with E-state index in [4.69, 9.17) is 33.2 Å². The fourth-order valence-corrected chi connectivity index (χ4v) is 4.12. The van der Waals surface area contributed by atoms with E-state index < -0.39 is 84.5 Å². The highest BCUT2D eigenvalue weighted by atomic mass is 32.2. The molecule has 0 N–H and O–H groups in total. The van der Waals surface area contributed by atoms with E-state index >= 15 is 0 Å². The van der Waals surface area contributed by atoms with Crippen molar-refractivity contribution < 1.29 is 61.9 Å². The molecule has 1 aliphatic rings. The van der Waals surface area contributed by atoms with Crippen molar-refractivity contribution in [1.29, 1.82) is 0 Å². The van der Waals surface area contributed by atoms with Crippen LogP contribution in [0.4, 0.5) is 9.59 Å². The fraction of sp³-hybridized carbons (Fsp3) is 0.731. The molecule has 0 aromatic heterocycles. The number of hydrogen-bond acceptors (Lipinski definition) is 14. The van der Waals surface area contributed by atoms with Gasteiger partial charge < -0.3 is 33.2 Å². The lowest BCUT2D eigenvalue weighted by atomic mass is 9.96. The molecule has 1 rings (SSSR count). The van der Waals surface area contributed by atoms with Gasteiger partial charge in [-0.15, -0.1) is 0 Å². The lowest BCUT2D eigenvalue weighted by Crippen LogP contribution is -2.67. The van der Waals surface area contributed by atoms with E-state index in [1.165, 1.54) is 6.26 Å². The monoisotopic (exact) mass is 620 g/mol. The summed E-state index contributed by atoms with van der Waals surface area (Å²) < 4.78 is 38.3. The van der Waals surface area contributed by atoms with Crippen LogP contribution in [0.5, 0.6) is 0 Å². The van der Waals surface area contributed by atoms with Crippen LogP contribution in [0.25, 0.3) is 0 Å². The van der Waals surface area contributed by atoms with Crippen molar-refractivity contribution in [2.75, 3.05) is 12.9 Å². The van der Waals surface area contributed by atoms with Gasteiger partial charge in [-0.3, -0.25) is 19.2 Å². The molecule has 0 saturated carbocycles. The molecule has 5 atom stereocenters. The number of amidine groups is 1. The molecule has 16 heteroatoms. The number of esters is 4. The van der Waals surface area contributed by atoms with Crippen LogP contribution >= 0.6 is 11.8 Å². The van der Waals surface area contributed by atoms with Gasteiger partial charge in [-0.05, 0) is 47.8 Å². The standard InChI is InChI=1S/C26H40N2O13S/c1-13(29)35-12-17-18(36-14(2)30)19(37-15(3)31)20(38-16(4)32)21(39-17)28(24(34)41-26(8,9)10)22(42-11)27-23(33)40-25(5,6)7/h17-21H,12H2,1-11H3/b27-22-/t17-,18-,19+,20-,21?/m1/s1. The zero-order chi connectivity index (χ0) is 32.6. The Balaban J connectivity index is 3.94. The topological polar surface area (TPSA) is 183 Å². The quantitative estimate of drug-likeness (QED) is 0.183. The molecule has 0 aromatic carbocycles. The number of ether oxygens (including phenoxy) is 7. The number of thioether (sulfide) groups is 1. The Bertz CT molecular complexity index is 1060. The zero-order valence-electron chi connectivity index (χ0n) is 25.7. The number of hydrogen-bond donors (Lipinski definition) is 0. The Morgan fingerprint density at radius 2 is 1.21 bits per heavy atom. The molecule has 0 bridgehead atoms. The molecule has 0 radical (unpaired) electrons. The molecule has 1 saturated heterocycles. The van der Waals surface area contributed by atoms with Crippen LogP contribution in [-0.4, -0.2) is 101 Å². The van der Waals surface area contributed by atoms with Crippen LogP contribution in [0.2, 0.25) is 0 Å². The summed E-state index contributed by atoms with van der Waals surface area (Å²) in [6.45, 7) is 13.4. The van der Waals surface area contributed by atoms with E-state index in [1.54, 1.807) is 41.5 Å². The van der Waals surface area contributed by atoms with Gasteiger partial charge in [-0.2, -0.15) is 4.99 Å². The maximum Gasteiger partial charge on any atom is 0.436 e. The second-order valence-electron chi connectivity index (χ2n) is 11.0. The highest BCUT2D eigenvalue weighted by Crippen LogP contribution is 2.33. The molecule has 15 nitrogen and oxygen atoms in total. The second kappa shape index (κ2) is 15.2. The van der Waals surface area contributed by atoms with Crippen molar-refractivity contribution in [1.82, 2.24) is 4.90 Å². The number of nitrogens with zero attached hydrogens (tertiary/aromatic N) is 2. The second-order valence-corrected chi connectivity index (χ2v) is 11.8. The predicted molar refractivity (Wildman–Crippen MR) is 147 cm³/mol. The van der Waals surface area contributed by atoms with Crippen LogP contribution in [0, 0.1) is 0 Å². The fourth-order valence-electron chi connectivity index (χ4n) is 3.58. The third-order valence-electron chi connectivity index (χ3n) is 4.78. The van der Waals surface area contributed by atoms with Crippen LogP contribution in [0.1, 0.15) is 69.2 Å². The van der Waals surface area contributed by atoms with Crippen molar-refractivity contribution in [2.45, 2.75) is 111 Å². The summed E-state index contributed by atoms with van der Waals surface area (Å²) in [5.41, 5.74) is -2.00. The van der Waals surface area contributed by atoms with E-state index in [-0.39, 0.29) is 5.17 Å². The summed E-state index contributed by atoms with van der Waals surface area (Å²) in [4.78, 5) is 79.2. The number of carbonyl (C=O) groups is 6. The average Bonchev–Trinajstić information content (AvgIpc) is 2.77. The maximum atomic E-state index is 13.7. The number of aliphatic imine (C=N–C) groups is 1. The molecule has 2 amide bonds. The van der Waals surface area contributed by atoms with Crippen LogP contribution < -0.4 is 0 Å². The number of rotatable bonds is 6. The molecule has 238 valence electrons. The van der Waals surface area contributed by atoms with Gasteiger partial charge in [-0.1, -0.05) is 11.8 Å². The van der Waals surface area contributed by atoms with Gasteiger partial charge in [0.25, 0.3) is 0 Å². The minimum atomic E-state index is -1.71. The van der Waals surface area contributed by atoms with Gasteiger partial charge in [0, 0.05) is 27.7 Å². The van der Waals surface area contributed by atoms with Gasteiger partial charge in [0.1, 0.15) is 23.9 Å². The third-order valence-corrected chi connectivity index (χ3v) is 5.43. The van der Waals surface area contributed by atoms with Gasteiger partial charge >= 0.3 is 36.1 Å². The minimum Gasteiger partial charge on any atom is -0.463 e. The molecule has 1 heterocycles. The summed E-state index contributed by atoms with van der Waals surface area (Å²) in [6, 6.07) is 0. The molecule has 42 heavy (non-hydrogen) atoms. The SMILES string of the molecule is CS/C(=N\C(=O)OC(C)(C)C)N(C(=O)OC(C)(C)C)C1O[C@H](COC(C)=O)[C@@H](OC(C)=O)[C@H](OC(C)=O)[C@H]1OC(C)=O. The first-order valence-electron chi connectivity index (χ1n) is 12.8. The van der Waals surface area contributed by atoms with Gasteiger partial charge in [-0.25, -0.2) is 14.5 Å². The number of carbonyl (C=O) groups excluding carboxylic acids is 6. The Labute approximate surface area is 248 Å². The van der Waals surface area contributed by atoms with Crippen molar-refractivity contribution in [3.63, 3.8) is 0 Å². The third kappa shape index (κ3) is 12.2. The number of amides is 2. The Morgan fingerprint density at radius 1 is 0.738 bits per heavy atom. The highest BCUT2D eigenvalue weighted by molar-refractivity contribution is 8.13. The Hall–Kier alpha value is -3.40. The van der Waals surface area contributed by atoms with Crippen molar-refractivity contribution in [2.24, 2.45) is 4.99 Å². The maximum absolute atomic E-state index is 13.7. The summed E-state index contributed by atoms with van der Waals surface area (Å²) in [5, 5.41) is -0.306. The van der Waals surface area contributed by atoms with Gasteiger partial charge in [0.15, 0.2) is 29.7 Å². The Kier molecular flexibility index (Phi) is 13.2. The van der Waals surface area contributed by atoms with E-state index in [0.717, 1.165) is 44.4 Å². The summed E-state index contributed by atoms with van der Waals surface area (Å²) in [5.74, 6) is -3.29. The first kappa shape index (κ1) is 36.6. The summed E-state index contributed by atoms with van der Waals surface area (Å²) in [6.07, 6.45) is -8.45. The van der Waals surface area contributed by atoms with E-state index in [0.29, 0.717) is 0 Å². The largest absolute Gasteiger partial charge is 0.463 e. The Morgan fingerprint density at radius 3 is 1.64 bits per heavy atom. The van der Waals surface area contributed by atoms with Crippen molar-refractivity contribution in [3.8, 4) is 0 Å². The molecule has 1 aliphatic heterocycles. The molecule has 1 unspecified atom stereocenters. The van der Waals surface area contributed by atoms with Gasteiger partial charge in [0.05, 0.1) is 0 Å².